The van der Waals surface area contributed by atoms with Crippen LogP contribution in [0.4, 0.5) is 0 Å². The smallest absolute Gasteiger partial charge is 0.0453 e. The van der Waals surface area contributed by atoms with E-state index < -0.39 is 10.8 Å². The van der Waals surface area contributed by atoms with Gasteiger partial charge in [-0.15, -0.1) is 0 Å². The third-order valence-electron chi connectivity index (χ3n) is 0.789. The van der Waals surface area contributed by atoms with E-state index in [-0.39, 0.29) is 0 Å². The molecular weight excluding hydrogens is 132 g/mol. The summed E-state index contributed by atoms with van der Waals surface area (Å²) in [7, 11) is -0.789. The fourth-order valence-electron chi connectivity index (χ4n) is 0.288. The summed E-state index contributed by atoms with van der Waals surface area (Å²) in [6.45, 7) is 7.41. The van der Waals surface area contributed by atoms with Crippen molar-refractivity contribution in [1.82, 2.24) is 0 Å². The van der Waals surface area contributed by atoms with Crippen LogP contribution >= 0.6 is 0 Å². The summed E-state index contributed by atoms with van der Waals surface area (Å²) >= 11 is 0. The van der Waals surface area contributed by atoms with Crippen molar-refractivity contribution in [2.75, 3.05) is 5.75 Å². The number of hydrogen-bond acceptors (Lipinski definition) is 1. The summed E-state index contributed by atoms with van der Waals surface area (Å²) in [5.74, 6) is 0.684. The molecule has 0 aliphatic heterocycles. The van der Waals surface area contributed by atoms with Gasteiger partial charge in [-0.05, 0) is 6.92 Å². The first kappa shape index (κ1) is 8.63. The van der Waals surface area contributed by atoms with Gasteiger partial charge >= 0.3 is 0 Å². The van der Waals surface area contributed by atoms with E-state index in [1.54, 1.807) is 11.5 Å². The van der Waals surface area contributed by atoms with Gasteiger partial charge < -0.3 is 0 Å². The number of hydrogen-bond donors (Lipinski definition) is 0. The standard InChI is InChI=1S/C7H12OS/c1-4-9(8)6-5-7(2)3/h5-6H,2,4H2,1,3H3/b6-5+. The monoisotopic (exact) mass is 144 g/mol. The fourth-order valence-corrected chi connectivity index (χ4v) is 0.865. The van der Waals surface area contributed by atoms with Crippen LogP contribution in [0.5, 0.6) is 0 Å². The van der Waals surface area contributed by atoms with E-state index in [1.165, 1.54) is 0 Å². The second kappa shape index (κ2) is 4.50. The van der Waals surface area contributed by atoms with Gasteiger partial charge in [0.15, 0.2) is 0 Å². The average Bonchev–Trinajstić information content (AvgIpc) is 1.83. The molecule has 0 spiro atoms. The van der Waals surface area contributed by atoms with Crippen LogP contribution in [0.1, 0.15) is 13.8 Å². The van der Waals surface area contributed by atoms with Crippen molar-refractivity contribution in [3.63, 3.8) is 0 Å². The first-order valence-corrected chi connectivity index (χ1v) is 4.26. The van der Waals surface area contributed by atoms with E-state index >= 15 is 0 Å². The van der Waals surface area contributed by atoms with Gasteiger partial charge in [0.1, 0.15) is 0 Å². The molecule has 52 valence electrons. The zero-order valence-corrected chi connectivity index (χ0v) is 6.70. The maximum Gasteiger partial charge on any atom is 0.0453 e. The molecular formula is C7H12OS. The second-order valence-corrected chi connectivity index (χ2v) is 3.43. The van der Waals surface area contributed by atoms with E-state index in [0.29, 0.717) is 5.75 Å². The van der Waals surface area contributed by atoms with Gasteiger partial charge in [0, 0.05) is 22.0 Å². The highest BCUT2D eigenvalue weighted by molar-refractivity contribution is 7.87. The van der Waals surface area contributed by atoms with Crippen LogP contribution in [-0.2, 0) is 10.8 Å². The topological polar surface area (TPSA) is 17.1 Å². The molecule has 0 rings (SSSR count). The predicted octanol–water partition coefficient (Wildman–Crippen LogP) is 1.84. The Morgan fingerprint density at radius 2 is 2.33 bits per heavy atom. The van der Waals surface area contributed by atoms with E-state index in [4.69, 9.17) is 0 Å². The Morgan fingerprint density at radius 1 is 1.78 bits per heavy atom. The molecule has 9 heavy (non-hydrogen) atoms. The number of allylic oxidation sites excluding steroid dienone is 2. The van der Waals surface area contributed by atoms with Gasteiger partial charge in [0.2, 0.25) is 0 Å². The second-order valence-electron chi connectivity index (χ2n) is 1.82. The minimum atomic E-state index is -0.789. The van der Waals surface area contributed by atoms with Crippen LogP contribution in [0.15, 0.2) is 23.6 Å². The molecule has 0 saturated carbocycles. The molecule has 0 aromatic heterocycles. The molecule has 2 heteroatoms. The minimum Gasteiger partial charge on any atom is -0.255 e. The Bertz CT molecular complexity index is 147. The summed E-state index contributed by atoms with van der Waals surface area (Å²) in [5.41, 5.74) is 0.941. The van der Waals surface area contributed by atoms with Crippen LogP contribution in [-0.4, -0.2) is 9.96 Å². The molecule has 1 unspecified atom stereocenters. The average molecular weight is 144 g/mol. The van der Waals surface area contributed by atoms with Gasteiger partial charge in [0.05, 0.1) is 0 Å². The zero-order valence-electron chi connectivity index (χ0n) is 5.89. The summed E-state index contributed by atoms with van der Waals surface area (Å²) in [6.07, 6.45) is 1.78. The normalized spacial score (nSPS) is 14.0. The van der Waals surface area contributed by atoms with Crippen LogP contribution in [0.25, 0.3) is 0 Å². The van der Waals surface area contributed by atoms with Crippen molar-refractivity contribution in [3.8, 4) is 0 Å². The van der Waals surface area contributed by atoms with Crippen LogP contribution in [0.2, 0.25) is 0 Å². The van der Waals surface area contributed by atoms with Crippen molar-refractivity contribution in [1.29, 1.82) is 0 Å². The SMILES string of the molecule is C=C(C)/C=C/S(=O)CC. The molecule has 0 aliphatic carbocycles. The minimum absolute atomic E-state index is 0.684. The zero-order chi connectivity index (χ0) is 7.28. The van der Waals surface area contributed by atoms with Gasteiger partial charge in [0.25, 0.3) is 0 Å². The van der Waals surface area contributed by atoms with Crippen molar-refractivity contribution < 1.29 is 4.21 Å². The Morgan fingerprint density at radius 3 is 2.67 bits per heavy atom. The number of rotatable bonds is 3. The third kappa shape index (κ3) is 5.50. The fraction of sp³-hybridized carbons (Fsp3) is 0.429. The highest BCUT2D eigenvalue weighted by Crippen LogP contribution is 1.91. The molecule has 0 amide bonds. The lowest BCUT2D eigenvalue weighted by Crippen LogP contribution is -1.84. The maximum atomic E-state index is 10.7. The molecule has 0 heterocycles. The molecule has 0 radical (unpaired) electrons. The first-order chi connectivity index (χ1) is 4.16. The Hall–Kier alpha value is -0.370. The summed E-state index contributed by atoms with van der Waals surface area (Å²) in [6, 6.07) is 0. The predicted molar refractivity (Wildman–Crippen MR) is 42.6 cm³/mol. The Balaban J connectivity index is 3.71. The van der Waals surface area contributed by atoms with Gasteiger partial charge in [-0.1, -0.05) is 25.2 Å². The lowest BCUT2D eigenvalue weighted by Gasteiger charge is -1.85. The lowest BCUT2D eigenvalue weighted by atomic mass is 10.4. The Labute approximate surface area is 58.9 Å². The molecule has 0 N–H and O–H groups in total. The van der Waals surface area contributed by atoms with Gasteiger partial charge in [-0.3, -0.25) is 4.21 Å². The molecule has 0 aliphatic rings. The van der Waals surface area contributed by atoms with E-state index in [9.17, 15) is 4.21 Å². The molecule has 0 saturated heterocycles. The van der Waals surface area contributed by atoms with Crippen LogP contribution in [0, 0.1) is 0 Å². The van der Waals surface area contributed by atoms with E-state index in [0.717, 1.165) is 5.57 Å². The summed E-state index contributed by atoms with van der Waals surface area (Å²) in [5, 5.41) is 1.67. The first-order valence-electron chi connectivity index (χ1n) is 2.87. The molecule has 1 nitrogen and oxygen atoms in total. The van der Waals surface area contributed by atoms with E-state index in [1.807, 2.05) is 13.8 Å². The van der Waals surface area contributed by atoms with E-state index in [2.05, 4.69) is 6.58 Å². The molecule has 0 fully saturated rings. The van der Waals surface area contributed by atoms with Crippen molar-refractivity contribution >= 4 is 10.8 Å². The quantitative estimate of drug-likeness (QED) is 0.552. The lowest BCUT2D eigenvalue weighted by molar-refractivity contribution is 0.689. The van der Waals surface area contributed by atoms with Crippen molar-refractivity contribution in [3.05, 3.63) is 23.6 Å². The summed E-state index contributed by atoms with van der Waals surface area (Å²) in [4.78, 5) is 0. The summed E-state index contributed by atoms with van der Waals surface area (Å²) < 4.78 is 10.7. The Kier molecular flexibility index (Phi) is 4.32. The maximum absolute atomic E-state index is 10.7. The molecule has 0 aromatic rings. The van der Waals surface area contributed by atoms with Gasteiger partial charge in [-0.25, -0.2) is 0 Å². The van der Waals surface area contributed by atoms with Crippen molar-refractivity contribution in [2.45, 2.75) is 13.8 Å². The molecule has 0 aromatic carbocycles. The van der Waals surface area contributed by atoms with Crippen LogP contribution in [0.3, 0.4) is 0 Å². The highest BCUT2D eigenvalue weighted by Gasteiger charge is 1.84. The largest absolute Gasteiger partial charge is 0.255 e. The molecule has 1 atom stereocenters. The molecule has 0 bridgehead atoms. The van der Waals surface area contributed by atoms with Crippen LogP contribution < -0.4 is 0 Å². The highest BCUT2D eigenvalue weighted by atomic mass is 32.2. The van der Waals surface area contributed by atoms with Gasteiger partial charge in [-0.2, -0.15) is 0 Å². The third-order valence-corrected chi connectivity index (χ3v) is 1.80. The van der Waals surface area contributed by atoms with Crippen molar-refractivity contribution in [2.24, 2.45) is 0 Å².